The van der Waals surface area contributed by atoms with Crippen LogP contribution in [-0.4, -0.2) is 57.3 Å². The number of rotatable bonds is 42. The fraction of sp³-hybridized carbons (Fsp3) is 0.816. The van der Waals surface area contributed by atoms with E-state index in [1.54, 1.807) is 0 Å². The van der Waals surface area contributed by atoms with Crippen molar-refractivity contribution in [3.63, 3.8) is 0 Å². The van der Waals surface area contributed by atoms with Gasteiger partial charge in [-0.3, -0.25) is 4.79 Å². The normalized spacial score (nSPS) is 14.5. The van der Waals surface area contributed by atoms with Crippen molar-refractivity contribution < 1.29 is 25.2 Å². The van der Waals surface area contributed by atoms with Crippen LogP contribution < -0.4 is 5.32 Å². The summed E-state index contributed by atoms with van der Waals surface area (Å²) in [4.78, 5) is 12.4. The molecule has 6 heteroatoms. The first kappa shape index (κ1) is 53.3. The van der Waals surface area contributed by atoms with E-state index in [9.17, 15) is 25.2 Å². The highest BCUT2D eigenvalue weighted by Gasteiger charge is 2.28. The van der Waals surface area contributed by atoms with Crippen molar-refractivity contribution in [2.75, 3.05) is 6.61 Å². The number of unbranched alkanes of at least 4 members (excludes halogenated alkanes) is 25. The topological polar surface area (TPSA) is 110 Å². The fourth-order valence-electron chi connectivity index (χ4n) is 6.97. The lowest BCUT2D eigenvalue weighted by Crippen LogP contribution is -2.53. The molecule has 5 N–H and O–H groups in total. The standard InChI is InChI=1S/C49H91NO5/c1-3-5-7-9-11-13-14-15-16-17-18-19-20-21-22-23-24-25-26-27-28-29-30-31-32-33-34-35-37-38-40-42-46(52)48(54)45(44-51)50-49(55)47(53)43-41-39-36-12-10-8-6-4-2/h27-28,31-32,35-37,39,45-48,51-54H,3-26,29-30,33-34,38,40-44H2,1-2H3,(H,50,55)/b28-27+,32-31+,37-35+,39-36-. The number of carbonyl (C=O) groups is 1. The van der Waals surface area contributed by atoms with Crippen LogP contribution in [-0.2, 0) is 4.79 Å². The molecule has 0 aliphatic heterocycles. The van der Waals surface area contributed by atoms with Gasteiger partial charge in [-0.25, -0.2) is 0 Å². The summed E-state index contributed by atoms with van der Waals surface area (Å²) in [5.41, 5.74) is 0. The molecule has 0 bridgehead atoms. The number of hydrogen-bond donors (Lipinski definition) is 5. The molecule has 0 heterocycles. The van der Waals surface area contributed by atoms with Crippen LogP contribution in [0, 0.1) is 0 Å². The van der Waals surface area contributed by atoms with E-state index in [1.807, 2.05) is 6.08 Å². The van der Waals surface area contributed by atoms with E-state index in [0.717, 1.165) is 44.9 Å². The average molecular weight is 774 g/mol. The summed E-state index contributed by atoms with van der Waals surface area (Å²) >= 11 is 0. The molecule has 1 amide bonds. The minimum absolute atomic E-state index is 0.271. The van der Waals surface area contributed by atoms with Gasteiger partial charge in [0.1, 0.15) is 12.2 Å². The van der Waals surface area contributed by atoms with Crippen molar-refractivity contribution in [2.24, 2.45) is 0 Å². The molecule has 0 rings (SSSR count). The molecule has 0 aromatic rings. The van der Waals surface area contributed by atoms with Gasteiger partial charge in [0.2, 0.25) is 5.91 Å². The number of aliphatic hydroxyl groups is 4. The van der Waals surface area contributed by atoms with Crippen molar-refractivity contribution in [1.29, 1.82) is 0 Å². The third-order valence-corrected chi connectivity index (χ3v) is 10.7. The van der Waals surface area contributed by atoms with Crippen molar-refractivity contribution in [3.05, 3.63) is 48.6 Å². The molecule has 0 saturated carbocycles. The van der Waals surface area contributed by atoms with Crippen molar-refractivity contribution in [2.45, 2.75) is 250 Å². The first-order valence-corrected chi connectivity index (χ1v) is 23.5. The number of hydrogen-bond acceptors (Lipinski definition) is 5. The molecule has 4 unspecified atom stereocenters. The fourth-order valence-corrected chi connectivity index (χ4v) is 6.97. The van der Waals surface area contributed by atoms with Crippen molar-refractivity contribution in [1.82, 2.24) is 5.32 Å². The van der Waals surface area contributed by atoms with Crippen LogP contribution in [0.2, 0.25) is 0 Å². The van der Waals surface area contributed by atoms with E-state index < -0.39 is 36.9 Å². The van der Waals surface area contributed by atoms with Gasteiger partial charge < -0.3 is 25.7 Å². The molecular formula is C49H91NO5. The summed E-state index contributed by atoms with van der Waals surface area (Å²) < 4.78 is 0. The van der Waals surface area contributed by atoms with E-state index in [4.69, 9.17) is 0 Å². The van der Waals surface area contributed by atoms with Crippen LogP contribution in [0.15, 0.2) is 48.6 Å². The Balaban J connectivity index is 3.69. The Morgan fingerprint density at radius 1 is 0.436 bits per heavy atom. The van der Waals surface area contributed by atoms with Crippen LogP contribution in [0.3, 0.4) is 0 Å². The highest BCUT2D eigenvalue weighted by molar-refractivity contribution is 5.80. The van der Waals surface area contributed by atoms with Crippen molar-refractivity contribution in [3.8, 4) is 0 Å². The van der Waals surface area contributed by atoms with Gasteiger partial charge in [-0.2, -0.15) is 0 Å². The Morgan fingerprint density at radius 2 is 0.764 bits per heavy atom. The smallest absolute Gasteiger partial charge is 0.249 e. The molecule has 0 radical (unpaired) electrons. The predicted molar refractivity (Wildman–Crippen MR) is 237 cm³/mol. The monoisotopic (exact) mass is 774 g/mol. The SMILES string of the molecule is CCCCCC/C=C\CCC(O)C(=O)NC(CO)C(O)C(O)CCC/C=C/CC/C=C/CC/C=C/CCCCCCCCCCCCCCCCCCCC. The van der Waals surface area contributed by atoms with Crippen LogP contribution in [0.25, 0.3) is 0 Å². The van der Waals surface area contributed by atoms with Crippen LogP contribution >= 0.6 is 0 Å². The lowest BCUT2D eigenvalue weighted by atomic mass is 10.0. The van der Waals surface area contributed by atoms with Gasteiger partial charge in [-0.15, -0.1) is 0 Å². The lowest BCUT2D eigenvalue weighted by molar-refractivity contribution is -0.132. The van der Waals surface area contributed by atoms with Gasteiger partial charge in [0.05, 0.1) is 18.8 Å². The van der Waals surface area contributed by atoms with E-state index in [0.29, 0.717) is 19.3 Å². The Labute approximate surface area is 340 Å². The second-order valence-corrected chi connectivity index (χ2v) is 16.1. The Morgan fingerprint density at radius 3 is 1.16 bits per heavy atom. The van der Waals surface area contributed by atoms with Gasteiger partial charge in [0.25, 0.3) is 0 Å². The molecule has 0 aliphatic rings. The van der Waals surface area contributed by atoms with E-state index in [-0.39, 0.29) is 6.42 Å². The van der Waals surface area contributed by atoms with Crippen LogP contribution in [0.4, 0.5) is 0 Å². The summed E-state index contributed by atoms with van der Waals surface area (Å²) in [5.74, 6) is -0.638. The molecular weight excluding hydrogens is 683 g/mol. The third kappa shape index (κ3) is 37.6. The number of allylic oxidation sites excluding steroid dienone is 8. The second kappa shape index (κ2) is 43.4. The van der Waals surface area contributed by atoms with Crippen LogP contribution in [0.1, 0.15) is 226 Å². The second-order valence-electron chi connectivity index (χ2n) is 16.1. The highest BCUT2D eigenvalue weighted by atomic mass is 16.3. The van der Waals surface area contributed by atoms with Crippen molar-refractivity contribution >= 4 is 5.91 Å². The molecule has 6 nitrogen and oxygen atoms in total. The first-order valence-electron chi connectivity index (χ1n) is 23.5. The number of carbonyl (C=O) groups excluding carboxylic acids is 1. The summed E-state index contributed by atoms with van der Waals surface area (Å²) in [7, 11) is 0. The molecule has 322 valence electrons. The van der Waals surface area contributed by atoms with Crippen LogP contribution in [0.5, 0.6) is 0 Å². The minimum Gasteiger partial charge on any atom is -0.394 e. The summed E-state index contributed by atoms with van der Waals surface area (Å²) in [6, 6.07) is -1.03. The molecule has 0 aromatic carbocycles. The maximum atomic E-state index is 12.4. The van der Waals surface area contributed by atoms with E-state index in [1.165, 1.54) is 141 Å². The molecule has 0 spiro atoms. The van der Waals surface area contributed by atoms with Gasteiger partial charge >= 0.3 is 0 Å². The number of nitrogens with one attached hydrogen (secondary N) is 1. The highest BCUT2D eigenvalue weighted by Crippen LogP contribution is 2.15. The molecule has 0 aliphatic carbocycles. The first-order chi connectivity index (χ1) is 27.0. The van der Waals surface area contributed by atoms with Gasteiger partial charge in [-0.05, 0) is 83.5 Å². The molecule has 4 atom stereocenters. The van der Waals surface area contributed by atoms with Gasteiger partial charge in [-0.1, -0.05) is 191 Å². The Hall–Kier alpha value is -1.73. The summed E-state index contributed by atoms with van der Waals surface area (Å²) in [6.07, 6.45) is 53.5. The average Bonchev–Trinajstić information content (AvgIpc) is 3.19. The zero-order valence-corrected chi connectivity index (χ0v) is 36.2. The molecule has 0 saturated heterocycles. The maximum Gasteiger partial charge on any atom is 0.249 e. The zero-order valence-electron chi connectivity index (χ0n) is 36.2. The number of amides is 1. The quantitative estimate of drug-likeness (QED) is 0.0313. The summed E-state index contributed by atoms with van der Waals surface area (Å²) in [6.45, 7) is 3.96. The molecule has 55 heavy (non-hydrogen) atoms. The lowest BCUT2D eigenvalue weighted by Gasteiger charge is -2.27. The molecule has 0 fully saturated rings. The Kier molecular flexibility index (Phi) is 42.0. The number of aliphatic hydroxyl groups excluding tert-OH is 4. The molecule has 0 aromatic heterocycles. The Bertz CT molecular complexity index is 915. The van der Waals surface area contributed by atoms with Gasteiger partial charge in [0.15, 0.2) is 0 Å². The predicted octanol–water partition coefficient (Wildman–Crippen LogP) is 12.7. The third-order valence-electron chi connectivity index (χ3n) is 10.7. The maximum absolute atomic E-state index is 12.4. The largest absolute Gasteiger partial charge is 0.394 e. The van der Waals surface area contributed by atoms with E-state index >= 15 is 0 Å². The summed E-state index contributed by atoms with van der Waals surface area (Å²) in [5, 5.41) is 43.3. The minimum atomic E-state index is -1.30. The van der Waals surface area contributed by atoms with Gasteiger partial charge in [0, 0.05) is 0 Å². The van der Waals surface area contributed by atoms with E-state index in [2.05, 4.69) is 61.7 Å². The zero-order chi connectivity index (χ0) is 40.3.